The topological polar surface area (TPSA) is 20.3 Å². The molecule has 0 radical (unpaired) electrons. The van der Waals surface area contributed by atoms with Crippen LogP contribution >= 0.6 is 11.3 Å². The van der Waals surface area contributed by atoms with E-state index in [0.717, 1.165) is 18.0 Å². The molecule has 1 saturated carbocycles. The van der Waals surface area contributed by atoms with Gasteiger partial charge in [0.1, 0.15) is 0 Å². The summed E-state index contributed by atoms with van der Waals surface area (Å²) in [5.41, 5.74) is 0.961. The first-order valence-electron chi connectivity index (χ1n) is 7.49. The Bertz CT molecular complexity index is 479. The van der Waals surface area contributed by atoms with Gasteiger partial charge in [-0.25, -0.2) is 0 Å². The summed E-state index contributed by atoms with van der Waals surface area (Å²) in [6, 6.07) is 2.76. The van der Waals surface area contributed by atoms with E-state index < -0.39 is 0 Å². The van der Waals surface area contributed by atoms with Crippen LogP contribution in [0.15, 0.2) is 6.07 Å². The van der Waals surface area contributed by atoms with E-state index >= 15 is 0 Å². The van der Waals surface area contributed by atoms with Crippen LogP contribution in [0.3, 0.4) is 0 Å². The Labute approximate surface area is 119 Å². The first-order valence-corrected chi connectivity index (χ1v) is 8.31. The smallest absolute Gasteiger partial charge is 0.177 e. The highest BCUT2D eigenvalue weighted by Crippen LogP contribution is 2.36. The van der Waals surface area contributed by atoms with E-state index in [1.807, 2.05) is 0 Å². The van der Waals surface area contributed by atoms with Gasteiger partial charge in [0.05, 0.1) is 6.54 Å². The fourth-order valence-electron chi connectivity index (χ4n) is 3.93. The molecule has 2 atom stereocenters. The molecule has 2 aliphatic rings. The lowest BCUT2D eigenvalue weighted by Gasteiger charge is -2.37. The molecular formula is C16H23NOS. The maximum Gasteiger partial charge on any atom is 0.177 e. The van der Waals surface area contributed by atoms with Crippen molar-refractivity contribution >= 4 is 17.1 Å². The molecule has 1 aliphatic heterocycles. The van der Waals surface area contributed by atoms with Crippen molar-refractivity contribution in [2.24, 2.45) is 5.92 Å². The van der Waals surface area contributed by atoms with E-state index in [-0.39, 0.29) is 0 Å². The molecule has 0 bridgehead atoms. The van der Waals surface area contributed by atoms with E-state index in [2.05, 4.69) is 24.8 Å². The standard InChI is InChI=1S/C16H23NOS/c1-11-9-14(12(2)19-11)16(18)10-17-8-4-6-13-5-3-7-15(13)17/h9,13,15H,3-8,10H2,1-2H3. The van der Waals surface area contributed by atoms with Crippen LogP contribution in [0.25, 0.3) is 0 Å². The number of hydrogen-bond donors (Lipinski definition) is 0. The fraction of sp³-hybridized carbons (Fsp3) is 0.688. The van der Waals surface area contributed by atoms with Gasteiger partial charge in [0, 0.05) is 21.4 Å². The number of ketones is 1. The third kappa shape index (κ3) is 2.63. The van der Waals surface area contributed by atoms with Crippen LogP contribution in [-0.4, -0.2) is 29.8 Å². The summed E-state index contributed by atoms with van der Waals surface area (Å²) in [6.45, 7) is 5.91. The largest absolute Gasteiger partial charge is 0.293 e. The molecule has 1 aromatic heterocycles. The third-order valence-electron chi connectivity index (χ3n) is 4.80. The number of likely N-dealkylation sites (tertiary alicyclic amines) is 1. The van der Waals surface area contributed by atoms with E-state index in [4.69, 9.17) is 0 Å². The van der Waals surface area contributed by atoms with Crippen molar-refractivity contribution < 1.29 is 4.79 Å². The number of aryl methyl sites for hydroxylation is 2. The molecule has 2 nitrogen and oxygen atoms in total. The van der Waals surface area contributed by atoms with Gasteiger partial charge in [0.25, 0.3) is 0 Å². The highest BCUT2D eigenvalue weighted by Gasteiger charge is 2.35. The average Bonchev–Trinajstić information content (AvgIpc) is 2.96. The van der Waals surface area contributed by atoms with Gasteiger partial charge in [-0.15, -0.1) is 11.3 Å². The number of nitrogens with zero attached hydrogens (tertiary/aromatic N) is 1. The number of Topliss-reactive ketones (excluding diaryl/α,β-unsaturated/α-hetero) is 1. The third-order valence-corrected chi connectivity index (χ3v) is 5.76. The second-order valence-corrected chi connectivity index (χ2v) is 7.58. The van der Waals surface area contributed by atoms with Gasteiger partial charge in [-0.05, 0) is 58.1 Å². The van der Waals surface area contributed by atoms with E-state index in [9.17, 15) is 4.79 Å². The number of carbonyl (C=O) groups excluding carboxylic acids is 1. The molecule has 3 heteroatoms. The molecule has 0 spiro atoms. The molecule has 2 unspecified atom stereocenters. The molecule has 104 valence electrons. The Hall–Kier alpha value is -0.670. The minimum absolute atomic E-state index is 0.328. The summed E-state index contributed by atoms with van der Waals surface area (Å²) in [5.74, 6) is 1.20. The number of carbonyl (C=O) groups is 1. The van der Waals surface area contributed by atoms with Crippen molar-refractivity contribution in [3.8, 4) is 0 Å². The van der Waals surface area contributed by atoms with Gasteiger partial charge in [-0.1, -0.05) is 6.42 Å². The minimum Gasteiger partial charge on any atom is -0.293 e. The molecule has 1 aliphatic carbocycles. The van der Waals surface area contributed by atoms with Crippen molar-refractivity contribution in [1.29, 1.82) is 0 Å². The summed E-state index contributed by atoms with van der Waals surface area (Å²) in [7, 11) is 0. The lowest BCUT2D eigenvalue weighted by molar-refractivity contribution is 0.0777. The number of hydrogen-bond acceptors (Lipinski definition) is 3. The van der Waals surface area contributed by atoms with E-state index in [1.165, 1.54) is 41.9 Å². The SMILES string of the molecule is Cc1cc(C(=O)CN2CCCC3CCCC32)c(C)s1. The molecule has 2 heterocycles. The lowest BCUT2D eigenvalue weighted by Crippen LogP contribution is -2.45. The van der Waals surface area contributed by atoms with Gasteiger partial charge in [-0.2, -0.15) is 0 Å². The molecule has 3 rings (SSSR count). The number of fused-ring (bicyclic) bond motifs is 1. The molecule has 1 saturated heterocycles. The molecule has 19 heavy (non-hydrogen) atoms. The number of rotatable bonds is 3. The van der Waals surface area contributed by atoms with Crippen molar-refractivity contribution in [2.45, 2.75) is 52.0 Å². The number of piperidine rings is 1. The summed E-state index contributed by atoms with van der Waals surface area (Å²) >= 11 is 1.74. The van der Waals surface area contributed by atoms with E-state index in [1.54, 1.807) is 11.3 Å². The molecule has 2 fully saturated rings. The van der Waals surface area contributed by atoms with Crippen molar-refractivity contribution in [2.75, 3.05) is 13.1 Å². The van der Waals surface area contributed by atoms with Crippen LogP contribution in [0, 0.1) is 19.8 Å². The van der Waals surface area contributed by atoms with Crippen LogP contribution in [0.2, 0.25) is 0 Å². The average molecular weight is 277 g/mol. The summed E-state index contributed by atoms with van der Waals surface area (Å²) < 4.78 is 0. The Morgan fingerprint density at radius 1 is 1.32 bits per heavy atom. The van der Waals surface area contributed by atoms with Gasteiger partial charge < -0.3 is 0 Å². The molecule has 0 amide bonds. The predicted molar refractivity (Wildman–Crippen MR) is 80.1 cm³/mol. The van der Waals surface area contributed by atoms with Crippen molar-refractivity contribution in [1.82, 2.24) is 4.90 Å². The second-order valence-electron chi connectivity index (χ2n) is 6.12. The zero-order chi connectivity index (χ0) is 13.4. The van der Waals surface area contributed by atoms with Gasteiger partial charge >= 0.3 is 0 Å². The van der Waals surface area contributed by atoms with Gasteiger partial charge in [0.15, 0.2) is 5.78 Å². The van der Waals surface area contributed by atoms with Gasteiger partial charge in [0.2, 0.25) is 0 Å². The Kier molecular flexibility index (Phi) is 3.77. The highest BCUT2D eigenvalue weighted by atomic mass is 32.1. The van der Waals surface area contributed by atoms with Crippen LogP contribution in [-0.2, 0) is 0 Å². The van der Waals surface area contributed by atoms with Crippen LogP contribution < -0.4 is 0 Å². The normalized spacial score (nSPS) is 27.5. The summed E-state index contributed by atoms with van der Waals surface area (Å²) in [4.78, 5) is 17.4. The van der Waals surface area contributed by atoms with E-state index in [0.29, 0.717) is 18.4 Å². The summed E-state index contributed by atoms with van der Waals surface area (Å²) in [5, 5.41) is 0. The van der Waals surface area contributed by atoms with Crippen molar-refractivity contribution in [3.05, 3.63) is 21.4 Å². The first-order chi connectivity index (χ1) is 9.15. The quantitative estimate of drug-likeness (QED) is 0.783. The summed E-state index contributed by atoms with van der Waals surface area (Å²) in [6.07, 6.45) is 6.70. The predicted octanol–water partition coefficient (Wildman–Crippen LogP) is 3.81. The first kappa shape index (κ1) is 13.3. The zero-order valence-corrected chi connectivity index (χ0v) is 12.8. The maximum atomic E-state index is 12.5. The fourth-order valence-corrected chi connectivity index (χ4v) is 4.87. The Morgan fingerprint density at radius 3 is 2.84 bits per heavy atom. The molecule has 0 aromatic carbocycles. The van der Waals surface area contributed by atoms with Crippen LogP contribution in [0.1, 0.15) is 52.2 Å². The second kappa shape index (κ2) is 5.37. The minimum atomic E-state index is 0.328. The lowest BCUT2D eigenvalue weighted by atomic mass is 9.91. The maximum absolute atomic E-state index is 12.5. The highest BCUT2D eigenvalue weighted by molar-refractivity contribution is 7.12. The van der Waals surface area contributed by atoms with Crippen LogP contribution in [0.5, 0.6) is 0 Å². The van der Waals surface area contributed by atoms with Gasteiger partial charge in [-0.3, -0.25) is 9.69 Å². The Morgan fingerprint density at radius 2 is 2.11 bits per heavy atom. The monoisotopic (exact) mass is 277 g/mol. The van der Waals surface area contributed by atoms with Crippen LogP contribution in [0.4, 0.5) is 0 Å². The molecular weight excluding hydrogens is 254 g/mol. The number of thiophene rings is 1. The molecule has 1 aromatic rings. The zero-order valence-electron chi connectivity index (χ0n) is 11.9. The Balaban J connectivity index is 1.70. The van der Waals surface area contributed by atoms with Crippen molar-refractivity contribution in [3.63, 3.8) is 0 Å². The molecule has 0 N–H and O–H groups in total.